The Hall–Kier alpha value is -1.36. The predicted molar refractivity (Wildman–Crippen MR) is 66.0 cm³/mol. The van der Waals surface area contributed by atoms with Crippen molar-refractivity contribution in [3.05, 3.63) is 47.7 Å². The maximum atomic E-state index is 5.32. The van der Waals surface area contributed by atoms with Gasteiger partial charge < -0.3 is 4.89 Å². The van der Waals surface area contributed by atoms with E-state index < -0.39 is 0 Å². The summed E-state index contributed by atoms with van der Waals surface area (Å²) in [6.45, 7) is 8.43. The zero-order valence-corrected chi connectivity index (χ0v) is 10.7. The van der Waals surface area contributed by atoms with E-state index in [9.17, 15) is 0 Å². The lowest BCUT2D eigenvalue weighted by atomic mass is 10.1. The molecule has 1 aromatic carbocycles. The van der Waals surface area contributed by atoms with E-state index in [0.29, 0.717) is 19.0 Å². The van der Waals surface area contributed by atoms with Crippen LogP contribution in [0, 0.1) is 5.92 Å². The van der Waals surface area contributed by atoms with Crippen molar-refractivity contribution in [3.63, 3.8) is 0 Å². The molecular weight excluding hydrogens is 232 g/mol. The molecule has 0 saturated carbocycles. The third-order valence-electron chi connectivity index (χ3n) is 3.15. The first kappa shape index (κ1) is 13.1. The third-order valence-corrected chi connectivity index (χ3v) is 3.15. The van der Waals surface area contributed by atoms with E-state index in [1.54, 1.807) is 0 Å². The van der Waals surface area contributed by atoms with E-state index in [2.05, 4.69) is 6.58 Å². The van der Waals surface area contributed by atoms with Gasteiger partial charge in [0.05, 0.1) is 6.10 Å². The van der Waals surface area contributed by atoms with E-state index >= 15 is 0 Å². The zero-order valence-electron chi connectivity index (χ0n) is 10.7. The van der Waals surface area contributed by atoms with Gasteiger partial charge in [-0.3, -0.25) is 0 Å². The third kappa shape index (κ3) is 3.10. The molecule has 0 radical (unpaired) electrons. The normalized spacial score (nSPS) is 25.8. The van der Waals surface area contributed by atoms with Gasteiger partial charge in [-0.25, -0.2) is 9.78 Å². The summed E-state index contributed by atoms with van der Waals surface area (Å²) in [6, 6.07) is 7.84. The highest BCUT2D eigenvalue weighted by Crippen LogP contribution is 2.21. The van der Waals surface area contributed by atoms with Crippen LogP contribution in [0.15, 0.2) is 36.6 Å². The second-order valence-corrected chi connectivity index (χ2v) is 4.43. The fraction of sp³-hybridized carbons (Fsp3) is 0.429. The van der Waals surface area contributed by atoms with Crippen molar-refractivity contribution in [2.45, 2.75) is 33.2 Å². The highest BCUT2D eigenvalue weighted by molar-refractivity contribution is 5.25. The second kappa shape index (κ2) is 6.00. The molecule has 2 unspecified atom stereocenters. The molecule has 0 bridgehead atoms. The molecule has 18 heavy (non-hydrogen) atoms. The van der Waals surface area contributed by atoms with Crippen LogP contribution in [0.25, 0.3) is 0 Å². The van der Waals surface area contributed by atoms with Crippen molar-refractivity contribution in [1.29, 1.82) is 0 Å². The molecule has 0 aliphatic carbocycles. The first-order valence-corrected chi connectivity index (χ1v) is 6.02. The van der Waals surface area contributed by atoms with Crippen molar-refractivity contribution in [1.82, 2.24) is 0 Å². The van der Waals surface area contributed by atoms with Gasteiger partial charge in [0.25, 0.3) is 0 Å². The quantitative estimate of drug-likeness (QED) is 0.663. The molecule has 0 spiro atoms. The lowest BCUT2D eigenvalue weighted by Gasteiger charge is -2.19. The van der Waals surface area contributed by atoms with E-state index in [1.807, 2.05) is 38.1 Å². The average Bonchev–Trinajstić information content (AvgIpc) is 2.40. The maximum Gasteiger partial charge on any atom is 0.140 e. The summed E-state index contributed by atoms with van der Waals surface area (Å²) in [5.41, 5.74) is 2.03. The minimum atomic E-state index is -0.147. The standard InChI is InChI=1S/C14H18O4/c1-10-11(2)17-15-8-13-6-4-5-7-14(13)9-16-18-12(10)3/h4-7,10,12H,2,8-9H2,1,3H3. The number of hydrogen-bond acceptors (Lipinski definition) is 4. The first-order valence-electron chi connectivity index (χ1n) is 6.02. The van der Waals surface area contributed by atoms with Gasteiger partial charge in [0.1, 0.15) is 19.0 Å². The molecule has 2 atom stereocenters. The number of fused-ring (bicyclic) bond motifs is 1. The van der Waals surface area contributed by atoms with E-state index in [4.69, 9.17) is 19.6 Å². The van der Waals surface area contributed by atoms with Crippen LogP contribution in [0.4, 0.5) is 0 Å². The monoisotopic (exact) mass is 250 g/mol. The lowest BCUT2D eigenvalue weighted by molar-refractivity contribution is -0.340. The average molecular weight is 250 g/mol. The smallest absolute Gasteiger partial charge is 0.140 e. The van der Waals surface area contributed by atoms with Gasteiger partial charge in [0, 0.05) is 5.92 Å². The summed E-state index contributed by atoms with van der Waals surface area (Å²) in [5, 5.41) is 0. The number of hydrogen-bond donors (Lipinski definition) is 0. The van der Waals surface area contributed by atoms with Gasteiger partial charge in [-0.2, -0.15) is 4.89 Å². The van der Waals surface area contributed by atoms with Crippen LogP contribution in [-0.2, 0) is 32.8 Å². The van der Waals surface area contributed by atoms with Gasteiger partial charge in [-0.05, 0) is 18.1 Å². The lowest BCUT2D eigenvalue weighted by Crippen LogP contribution is -2.20. The van der Waals surface area contributed by atoms with Gasteiger partial charge in [0.2, 0.25) is 0 Å². The number of rotatable bonds is 0. The Morgan fingerprint density at radius 1 is 1.06 bits per heavy atom. The Morgan fingerprint density at radius 3 is 2.33 bits per heavy atom. The Balaban J connectivity index is 2.13. The molecule has 0 aromatic heterocycles. The van der Waals surface area contributed by atoms with Crippen molar-refractivity contribution < 1.29 is 19.6 Å². The van der Waals surface area contributed by atoms with E-state index in [1.165, 1.54) is 0 Å². The predicted octanol–water partition coefficient (Wildman–Crippen LogP) is 3.13. The number of benzene rings is 1. The van der Waals surface area contributed by atoms with Gasteiger partial charge in [0.15, 0.2) is 0 Å². The molecule has 0 amide bonds. The molecule has 98 valence electrons. The first-order chi connectivity index (χ1) is 8.68. The summed E-state index contributed by atoms with van der Waals surface area (Å²) < 4.78 is 0. The molecule has 2 rings (SSSR count). The molecule has 1 aliphatic heterocycles. The van der Waals surface area contributed by atoms with Crippen LogP contribution in [-0.4, -0.2) is 6.10 Å². The molecule has 1 aliphatic rings. The van der Waals surface area contributed by atoms with Crippen molar-refractivity contribution in [3.8, 4) is 0 Å². The largest absolute Gasteiger partial charge is 0.342 e. The molecular formula is C14H18O4. The van der Waals surface area contributed by atoms with Crippen molar-refractivity contribution in [2.24, 2.45) is 5.92 Å². The summed E-state index contributed by atoms with van der Waals surface area (Å²) in [6.07, 6.45) is -0.147. The molecule has 1 heterocycles. The second-order valence-electron chi connectivity index (χ2n) is 4.43. The summed E-state index contributed by atoms with van der Waals surface area (Å²) in [4.78, 5) is 21.0. The summed E-state index contributed by atoms with van der Waals surface area (Å²) in [5.74, 6) is 0.525. The Morgan fingerprint density at radius 2 is 1.67 bits per heavy atom. The van der Waals surface area contributed by atoms with Crippen LogP contribution in [0.1, 0.15) is 25.0 Å². The van der Waals surface area contributed by atoms with Crippen LogP contribution in [0.3, 0.4) is 0 Å². The topological polar surface area (TPSA) is 36.9 Å². The molecule has 4 nitrogen and oxygen atoms in total. The van der Waals surface area contributed by atoms with Crippen molar-refractivity contribution >= 4 is 0 Å². The van der Waals surface area contributed by atoms with Gasteiger partial charge in [-0.1, -0.05) is 37.8 Å². The maximum absolute atomic E-state index is 5.32. The molecule has 0 N–H and O–H groups in total. The highest BCUT2D eigenvalue weighted by Gasteiger charge is 2.20. The molecule has 4 heteroatoms. The minimum Gasteiger partial charge on any atom is -0.342 e. The molecule has 0 saturated heterocycles. The molecule has 1 aromatic rings. The fourth-order valence-corrected chi connectivity index (χ4v) is 1.63. The summed E-state index contributed by atoms with van der Waals surface area (Å²) >= 11 is 0. The Bertz CT molecular complexity index is 416. The van der Waals surface area contributed by atoms with Crippen LogP contribution >= 0.6 is 0 Å². The SMILES string of the molecule is C=C1OOCc2ccccc2COOC(C)C1C. The van der Waals surface area contributed by atoms with E-state index in [0.717, 1.165) is 11.1 Å². The highest BCUT2D eigenvalue weighted by atomic mass is 17.2. The zero-order chi connectivity index (χ0) is 13.0. The van der Waals surface area contributed by atoms with Gasteiger partial charge >= 0.3 is 0 Å². The Labute approximate surface area is 107 Å². The van der Waals surface area contributed by atoms with Crippen LogP contribution < -0.4 is 0 Å². The van der Waals surface area contributed by atoms with E-state index in [-0.39, 0.29) is 12.0 Å². The van der Waals surface area contributed by atoms with Crippen molar-refractivity contribution in [2.75, 3.05) is 0 Å². The fourth-order valence-electron chi connectivity index (χ4n) is 1.63. The minimum absolute atomic E-state index is 0.00814. The van der Waals surface area contributed by atoms with Crippen LogP contribution in [0.2, 0.25) is 0 Å². The molecule has 0 fully saturated rings. The van der Waals surface area contributed by atoms with Gasteiger partial charge in [-0.15, -0.1) is 0 Å². The van der Waals surface area contributed by atoms with Crippen LogP contribution in [0.5, 0.6) is 0 Å². The summed E-state index contributed by atoms with van der Waals surface area (Å²) in [7, 11) is 0. The Kier molecular flexibility index (Phi) is 4.36.